The van der Waals surface area contributed by atoms with Crippen molar-refractivity contribution in [1.82, 2.24) is 10.2 Å². The van der Waals surface area contributed by atoms with Crippen LogP contribution in [0, 0.1) is 6.92 Å². The van der Waals surface area contributed by atoms with Crippen molar-refractivity contribution in [2.24, 2.45) is 0 Å². The third-order valence-corrected chi connectivity index (χ3v) is 4.88. The molecule has 0 unspecified atom stereocenters. The molecule has 0 aliphatic carbocycles. The second-order valence-corrected chi connectivity index (χ2v) is 6.92. The minimum absolute atomic E-state index is 0.300. The normalized spacial score (nSPS) is 10.8. The van der Waals surface area contributed by atoms with Crippen molar-refractivity contribution >= 4 is 45.6 Å². The van der Waals surface area contributed by atoms with Crippen LogP contribution in [0.15, 0.2) is 28.7 Å². The molecule has 0 fully saturated rings. The number of nitrogens with zero attached hydrogens (tertiary/aromatic N) is 2. The Balaban J connectivity index is 1.86. The first kappa shape index (κ1) is 17.0. The summed E-state index contributed by atoms with van der Waals surface area (Å²) in [5.74, 6) is 0.700. The molecule has 2 heterocycles. The summed E-state index contributed by atoms with van der Waals surface area (Å²) in [6.45, 7) is 3.70. The molecule has 3 rings (SSSR count). The van der Waals surface area contributed by atoms with E-state index in [0.717, 1.165) is 11.4 Å². The van der Waals surface area contributed by atoms with Crippen molar-refractivity contribution in [3.05, 3.63) is 50.6 Å². The van der Waals surface area contributed by atoms with E-state index in [1.165, 1.54) is 11.3 Å². The summed E-state index contributed by atoms with van der Waals surface area (Å²) in [6.07, 6.45) is 0.775. The molecule has 24 heavy (non-hydrogen) atoms. The highest BCUT2D eigenvalue weighted by Gasteiger charge is 2.19. The number of furan rings is 1. The molecule has 2 aromatic heterocycles. The molecule has 0 aliphatic rings. The van der Waals surface area contributed by atoms with Gasteiger partial charge in [-0.1, -0.05) is 41.5 Å². The van der Waals surface area contributed by atoms with Gasteiger partial charge in [0.1, 0.15) is 16.5 Å². The Morgan fingerprint density at radius 3 is 2.75 bits per heavy atom. The maximum atomic E-state index is 12.4. The molecule has 1 N–H and O–H groups in total. The monoisotopic (exact) mass is 381 g/mol. The van der Waals surface area contributed by atoms with Crippen LogP contribution in [0.1, 0.15) is 28.0 Å². The maximum Gasteiger partial charge on any atom is 0.261 e. The van der Waals surface area contributed by atoms with Crippen LogP contribution in [0.3, 0.4) is 0 Å². The van der Waals surface area contributed by atoms with Gasteiger partial charge in [0.2, 0.25) is 5.13 Å². The topological polar surface area (TPSA) is 68.0 Å². The van der Waals surface area contributed by atoms with Gasteiger partial charge >= 0.3 is 0 Å². The third kappa shape index (κ3) is 3.45. The first-order chi connectivity index (χ1) is 11.5. The standard InChI is InChI=1S/C16H13Cl2N3O2S/c1-3-14-20-21-16(24-14)19-15(22)11-7-13(23-8(11)2)10-5-4-9(17)6-12(10)18/h4-7H,3H2,1-2H3,(H,19,21,22). The molecule has 0 radical (unpaired) electrons. The van der Waals surface area contributed by atoms with E-state index in [1.54, 1.807) is 31.2 Å². The van der Waals surface area contributed by atoms with Crippen molar-refractivity contribution in [1.29, 1.82) is 0 Å². The van der Waals surface area contributed by atoms with E-state index in [2.05, 4.69) is 15.5 Å². The Hall–Kier alpha value is -1.89. The second-order valence-electron chi connectivity index (χ2n) is 5.01. The molecular weight excluding hydrogens is 369 g/mol. The third-order valence-electron chi connectivity index (χ3n) is 3.35. The first-order valence-corrected chi connectivity index (χ1v) is 8.74. The number of halogens is 2. The minimum atomic E-state index is -0.300. The molecule has 8 heteroatoms. The van der Waals surface area contributed by atoms with Crippen LogP contribution in [-0.2, 0) is 6.42 Å². The van der Waals surface area contributed by atoms with E-state index in [9.17, 15) is 4.79 Å². The number of rotatable bonds is 4. The van der Waals surface area contributed by atoms with Crippen molar-refractivity contribution in [2.75, 3.05) is 5.32 Å². The first-order valence-electron chi connectivity index (χ1n) is 7.17. The Bertz CT molecular complexity index is 905. The molecule has 124 valence electrons. The number of anilines is 1. The highest BCUT2D eigenvalue weighted by atomic mass is 35.5. The highest BCUT2D eigenvalue weighted by Crippen LogP contribution is 2.33. The predicted octanol–water partition coefficient (Wildman–Crippen LogP) is 5.23. The van der Waals surface area contributed by atoms with Crippen molar-refractivity contribution in [3.63, 3.8) is 0 Å². The molecule has 0 spiro atoms. The van der Waals surface area contributed by atoms with Crippen LogP contribution in [-0.4, -0.2) is 16.1 Å². The van der Waals surface area contributed by atoms with Gasteiger partial charge in [-0.05, 0) is 37.6 Å². The lowest BCUT2D eigenvalue weighted by Crippen LogP contribution is -2.11. The zero-order chi connectivity index (χ0) is 17.3. The average molecular weight is 382 g/mol. The van der Waals surface area contributed by atoms with E-state index in [1.807, 2.05) is 6.92 Å². The lowest BCUT2D eigenvalue weighted by atomic mass is 10.1. The van der Waals surface area contributed by atoms with Gasteiger partial charge in [0.15, 0.2) is 0 Å². The number of hydrogen-bond donors (Lipinski definition) is 1. The zero-order valence-electron chi connectivity index (χ0n) is 12.9. The summed E-state index contributed by atoms with van der Waals surface area (Å²) < 4.78 is 5.69. The van der Waals surface area contributed by atoms with Crippen molar-refractivity contribution in [3.8, 4) is 11.3 Å². The maximum absolute atomic E-state index is 12.4. The predicted molar refractivity (Wildman–Crippen MR) is 96.1 cm³/mol. The number of aryl methyl sites for hydroxylation is 2. The number of hydrogen-bond acceptors (Lipinski definition) is 5. The molecular formula is C16H13Cl2N3O2S. The Morgan fingerprint density at radius 2 is 2.08 bits per heavy atom. The molecule has 0 saturated heterocycles. The summed E-state index contributed by atoms with van der Waals surface area (Å²) >= 11 is 13.4. The van der Waals surface area contributed by atoms with Gasteiger partial charge in [-0.15, -0.1) is 10.2 Å². The smallest absolute Gasteiger partial charge is 0.261 e. The highest BCUT2D eigenvalue weighted by molar-refractivity contribution is 7.15. The lowest BCUT2D eigenvalue weighted by molar-refractivity contribution is 0.102. The summed E-state index contributed by atoms with van der Waals surface area (Å²) in [6, 6.07) is 6.75. The quantitative estimate of drug-likeness (QED) is 0.671. The number of carbonyl (C=O) groups is 1. The van der Waals surface area contributed by atoms with E-state index in [4.69, 9.17) is 27.6 Å². The Kier molecular flexibility index (Phi) is 4.89. The number of nitrogens with one attached hydrogen (secondary N) is 1. The fourth-order valence-electron chi connectivity index (χ4n) is 2.14. The molecule has 3 aromatic rings. The fraction of sp³-hybridized carbons (Fsp3) is 0.188. The van der Waals surface area contributed by atoms with Crippen LogP contribution < -0.4 is 5.32 Å². The van der Waals surface area contributed by atoms with E-state index in [-0.39, 0.29) is 5.91 Å². The van der Waals surface area contributed by atoms with Crippen LogP contribution in [0.5, 0.6) is 0 Å². The van der Waals surface area contributed by atoms with Gasteiger partial charge in [-0.3, -0.25) is 10.1 Å². The summed E-state index contributed by atoms with van der Waals surface area (Å²) in [4.78, 5) is 12.4. The van der Waals surface area contributed by atoms with Gasteiger partial charge in [0.05, 0.1) is 10.6 Å². The number of aromatic nitrogens is 2. The molecule has 5 nitrogen and oxygen atoms in total. The number of amides is 1. The van der Waals surface area contributed by atoms with Gasteiger partial charge in [0, 0.05) is 10.6 Å². The zero-order valence-corrected chi connectivity index (χ0v) is 15.2. The minimum Gasteiger partial charge on any atom is -0.460 e. The van der Waals surface area contributed by atoms with Crippen LogP contribution >= 0.6 is 34.5 Å². The summed E-state index contributed by atoms with van der Waals surface area (Å²) in [7, 11) is 0. The van der Waals surface area contributed by atoms with Gasteiger partial charge < -0.3 is 4.42 Å². The lowest BCUT2D eigenvalue weighted by Gasteiger charge is -2.00. The van der Waals surface area contributed by atoms with Crippen molar-refractivity contribution in [2.45, 2.75) is 20.3 Å². The van der Waals surface area contributed by atoms with E-state index in [0.29, 0.717) is 37.8 Å². The van der Waals surface area contributed by atoms with Crippen LogP contribution in [0.2, 0.25) is 10.0 Å². The van der Waals surface area contributed by atoms with Crippen LogP contribution in [0.4, 0.5) is 5.13 Å². The molecule has 0 atom stereocenters. The van der Waals surface area contributed by atoms with Gasteiger partial charge in [-0.2, -0.15) is 0 Å². The van der Waals surface area contributed by atoms with Gasteiger partial charge in [0.25, 0.3) is 5.91 Å². The Morgan fingerprint density at radius 1 is 1.29 bits per heavy atom. The average Bonchev–Trinajstić information content (AvgIpc) is 3.13. The Labute approximate surface area is 152 Å². The molecule has 0 aliphatic heterocycles. The fourth-order valence-corrected chi connectivity index (χ4v) is 3.32. The molecule has 1 amide bonds. The molecule has 0 bridgehead atoms. The number of carbonyl (C=O) groups excluding carboxylic acids is 1. The summed E-state index contributed by atoms with van der Waals surface area (Å²) in [5.41, 5.74) is 1.09. The molecule has 1 aromatic carbocycles. The summed E-state index contributed by atoms with van der Waals surface area (Å²) in [5, 5.41) is 13.0. The molecule has 0 saturated carbocycles. The van der Waals surface area contributed by atoms with Crippen molar-refractivity contribution < 1.29 is 9.21 Å². The van der Waals surface area contributed by atoms with E-state index < -0.39 is 0 Å². The van der Waals surface area contributed by atoms with Crippen LogP contribution in [0.25, 0.3) is 11.3 Å². The number of benzene rings is 1. The second kappa shape index (κ2) is 6.93. The largest absolute Gasteiger partial charge is 0.460 e. The SMILES string of the molecule is CCc1nnc(NC(=O)c2cc(-c3ccc(Cl)cc3Cl)oc2C)s1. The van der Waals surface area contributed by atoms with E-state index >= 15 is 0 Å². The van der Waals surface area contributed by atoms with Gasteiger partial charge in [-0.25, -0.2) is 0 Å².